The highest BCUT2D eigenvalue weighted by Crippen LogP contribution is 2.27. The van der Waals surface area contributed by atoms with Crippen LogP contribution in [0.5, 0.6) is 0 Å². The number of hydrogen-bond acceptors (Lipinski definition) is 3. The molecule has 0 bridgehead atoms. The van der Waals surface area contributed by atoms with E-state index in [1.807, 2.05) is 47.2 Å². The molecule has 5 heteroatoms. The molecule has 0 aliphatic carbocycles. The Hall–Kier alpha value is -3.21. The van der Waals surface area contributed by atoms with Crippen molar-refractivity contribution in [3.05, 3.63) is 72.8 Å². The number of rotatable bonds is 4. The van der Waals surface area contributed by atoms with Crippen molar-refractivity contribution in [2.24, 2.45) is 0 Å². The van der Waals surface area contributed by atoms with Crippen LogP contribution in [0, 0.1) is 0 Å². The number of fused-ring (bicyclic) bond motifs is 3. The molecule has 3 aromatic heterocycles. The fourth-order valence-corrected chi connectivity index (χ4v) is 2.97. The number of para-hydroxylation sites is 1. The minimum Gasteiger partial charge on any atom is -0.350 e. The van der Waals surface area contributed by atoms with Gasteiger partial charge in [-0.15, -0.1) is 0 Å². The van der Waals surface area contributed by atoms with E-state index in [1.54, 1.807) is 18.6 Å². The molecule has 0 saturated heterocycles. The van der Waals surface area contributed by atoms with Gasteiger partial charge in [-0.25, -0.2) is 0 Å². The Morgan fingerprint density at radius 2 is 1.75 bits per heavy atom. The van der Waals surface area contributed by atoms with Crippen LogP contribution in [0.15, 0.2) is 67.3 Å². The first-order chi connectivity index (χ1) is 11.8. The number of pyridine rings is 2. The highest BCUT2D eigenvalue weighted by atomic mass is 16.1. The molecular weight excluding hydrogens is 300 g/mol. The molecule has 5 nitrogen and oxygen atoms in total. The third kappa shape index (κ3) is 2.60. The lowest BCUT2D eigenvalue weighted by Gasteiger charge is -2.08. The summed E-state index contributed by atoms with van der Waals surface area (Å²) in [6, 6.07) is 13.9. The van der Waals surface area contributed by atoms with Crippen LogP contribution in [-0.4, -0.2) is 20.4 Å². The number of benzene rings is 1. The highest BCUT2D eigenvalue weighted by Gasteiger charge is 2.12. The zero-order valence-electron chi connectivity index (χ0n) is 13.0. The van der Waals surface area contributed by atoms with Gasteiger partial charge in [-0.1, -0.05) is 24.3 Å². The van der Waals surface area contributed by atoms with Crippen LogP contribution in [0.4, 0.5) is 0 Å². The average Bonchev–Trinajstić information content (AvgIpc) is 2.95. The molecule has 1 aromatic carbocycles. The summed E-state index contributed by atoms with van der Waals surface area (Å²) in [6.07, 6.45) is 7.06. The van der Waals surface area contributed by atoms with Crippen molar-refractivity contribution in [2.45, 2.75) is 13.1 Å². The number of nitrogens with one attached hydrogen (secondary N) is 1. The molecule has 0 aliphatic rings. The summed E-state index contributed by atoms with van der Waals surface area (Å²) in [5.41, 5.74) is 2.99. The number of amides is 1. The Balaban J connectivity index is 1.62. The lowest BCUT2D eigenvalue weighted by molar-refractivity contribution is -0.121. The Morgan fingerprint density at radius 3 is 2.62 bits per heavy atom. The van der Waals surface area contributed by atoms with Gasteiger partial charge in [0.05, 0.1) is 11.7 Å². The third-order valence-corrected chi connectivity index (χ3v) is 4.09. The second-order valence-electron chi connectivity index (χ2n) is 5.63. The molecule has 0 unspecified atom stereocenters. The molecule has 0 aliphatic heterocycles. The van der Waals surface area contributed by atoms with Gasteiger partial charge < -0.3 is 9.88 Å². The van der Waals surface area contributed by atoms with E-state index in [1.165, 1.54) is 0 Å². The van der Waals surface area contributed by atoms with Crippen LogP contribution < -0.4 is 5.32 Å². The summed E-state index contributed by atoms with van der Waals surface area (Å²) in [6.45, 7) is 0.734. The van der Waals surface area contributed by atoms with Crippen LogP contribution in [0.25, 0.3) is 21.8 Å². The molecule has 0 fully saturated rings. The fourth-order valence-electron chi connectivity index (χ4n) is 2.97. The average molecular weight is 316 g/mol. The molecule has 1 amide bonds. The molecule has 0 atom stereocenters. The monoisotopic (exact) mass is 316 g/mol. The second kappa shape index (κ2) is 6.12. The van der Waals surface area contributed by atoms with Gasteiger partial charge in [0.1, 0.15) is 6.54 Å². The number of hydrogen-bond donors (Lipinski definition) is 1. The predicted octanol–water partition coefficient (Wildman–Crippen LogP) is 2.90. The largest absolute Gasteiger partial charge is 0.350 e. The van der Waals surface area contributed by atoms with E-state index in [-0.39, 0.29) is 12.5 Å². The van der Waals surface area contributed by atoms with E-state index in [0.717, 1.165) is 27.4 Å². The summed E-state index contributed by atoms with van der Waals surface area (Å²) < 4.78 is 2.01. The summed E-state index contributed by atoms with van der Waals surface area (Å²) in [4.78, 5) is 20.7. The number of carbonyl (C=O) groups excluding carboxylic acids is 1. The maximum atomic E-state index is 12.4. The lowest BCUT2D eigenvalue weighted by Crippen LogP contribution is -2.27. The van der Waals surface area contributed by atoms with Gasteiger partial charge in [-0.2, -0.15) is 0 Å². The number of aromatic nitrogens is 3. The number of carbonyl (C=O) groups is 1. The van der Waals surface area contributed by atoms with E-state index >= 15 is 0 Å². The Labute approximate surface area is 139 Å². The first-order valence-corrected chi connectivity index (χ1v) is 7.79. The molecule has 0 spiro atoms. The standard InChI is InChI=1S/C19H16N4O/c24-19(22-11-14-4-3-8-20-10-14)13-23-17-6-2-1-5-15(17)16-7-9-21-12-18(16)23/h1-10,12H,11,13H2,(H,22,24). The Morgan fingerprint density at radius 1 is 0.917 bits per heavy atom. The normalized spacial score (nSPS) is 11.0. The van der Waals surface area contributed by atoms with Gasteiger partial charge in [-0.3, -0.25) is 14.8 Å². The molecule has 1 N–H and O–H groups in total. The van der Waals surface area contributed by atoms with Crippen molar-refractivity contribution in [1.82, 2.24) is 19.9 Å². The molecule has 24 heavy (non-hydrogen) atoms. The smallest absolute Gasteiger partial charge is 0.240 e. The number of nitrogens with zero attached hydrogens (tertiary/aromatic N) is 3. The van der Waals surface area contributed by atoms with Crippen molar-refractivity contribution in [3.63, 3.8) is 0 Å². The van der Waals surface area contributed by atoms with E-state index in [0.29, 0.717) is 6.54 Å². The fraction of sp³-hybridized carbons (Fsp3) is 0.105. The van der Waals surface area contributed by atoms with Gasteiger partial charge in [0.25, 0.3) is 0 Å². The van der Waals surface area contributed by atoms with Crippen molar-refractivity contribution in [1.29, 1.82) is 0 Å². The van der Waals surface area contributed by atoms with Crippen LogP contribution in [0.1, 0.15) is 5.56 Å². The van der Waals surface area contributed by atoms with Crippen molar-refractivity contribution >= 4 is 27.7 Å². The zero-order chi connectivity index (χ0) is 16.4. The van der Waals surface area contributed by atoms with E-state index < -0.39 is 0 Å². The molecule has 4 rings (SSSR count). The van der Waals surface area contributed by atoms with Gasteiger partial charge >= 0.3 is 0 Å². The maximum Gasteiger partial charge on any atom is 0.240 e. The molecule has 3 heterocycles. The lowest BCUT2D eigenvalue weighted by atomic mass is 10.2. The molecule has 0 radical (unpaired) electrons. The van der Waals surface area contributed by atoms with Crippen LogP contribution in [-0.2, 0) is 17.9 Å². The third-order valence-electron chi connectivity index (χ3n) is 4.09. The summed E-state index contributed by atoms with van der Waals surface area (Å²) >= 11 is 0. The van der Waals surface area contributed by atoms with Crippen LogP contribution >= 0.6 is 0 Å². The van der Waals surface area contributed by atoms with Gasteiger partial charge in [0.15, 0.2) is 0 Å². The van der Waals surface area contributed by atoms with E-state index in [9.17, 15) is 4.79 Å². The summed E-state index contributed by atoms with van der Waals surface area (Å²) in [5, 5.41) is 5.19. The van der Waals surface area contributed by atoms with Gasteiger partial charge in [0.2, 0.25) is 5.91 Å². The van der Waals surface area contributed by atoms with E-state index in [2.05, 4.69) is 21.4 Å². The van der Waals surface area contributed by atoms with E-state index in [4.69, 9.17) is 0 Å². The van der Waals surface area contributed by atoms with Crippen LogP contribution in [0.3, 0.4) is 0 Å². The zero-order valence-corrected chi connectivity index (χ0v) is 13.0. The minimum absolute atomic E-state index is 0.0367. The Kier molecular flexibility index (Phi) is 3.67. The van der Waals surface area contributed by atoms with Gasteiger partial charge in [0, 0.05) is 41.4 Å². The van der Waals surface area contributed by atoms with Crippen molar-refractivity contribution in [2.75, 3.05) is 0 Å². The molecule has 0 saturated carbocycles. The second-order valence-corrected chi connectivity index (χ2v) is 5.63. The van der Waals surface area contributed by atoms with Crippen molar-refractivity contribution in [3.8, 4) is 0 Å². The van der Waals surface area contributed by atoms with Gasteiger partial charge in [-0.05, 0) is 23.8 Å². The van der Waals surface area contributed by atoms with Crippen LogP contribution in [0.2, 0.25) is 0 Å². The van der Waals surface area contributed by atoms with Crippen molar-refractivity contribution < 1.29 is 4.79 Å². The SMILES string of the molecule is O=C(Cn1c2ccccc2c2ccncc21)NCc1cccnc1. The topological polar surface area (TPSA) is 59.8 Å². The molecular formula is C19H16N4O. The first kappa shape index (κ1) is 14.4. The minimum atomic E-state index is -0.0367. The maximum absolute atomic E-state index is 12.4. The highest BCUT2D eigenvalue weighted by molar-refractivity contribution is 6.08. The Bertz CT molecular complexity index is 954. The molecule has 4 aromatic rings. The molecule has 118 valence electrons. The first-order valence-electron chi connectivity index (χ1n) is 7.79. The predicted molar refractivity (Wildman–Crippen MR) is 93.3 cm³/mol. The summed E-state index contributed by atoms with van der Waals surface area (Å²) in [7, 11) is 0. The quantitative estimate of drug-likeness (QED) is 0.630. The summed E-state index contributed by atoms with van der Waals surface area (Å²) in [5.74, 6) is -0.0367.